The minimum absolute atomic E-state index is 0.0130. The highest BCUT2D eigenvalue weighted by atomic mass is 16.4. The second-order valence-electron chi connectivity index (χ2n) is 12.2. The highest BCUT2D eigenvalue weighted by Crippen LogP contribution is 2.46. The maximum absolute atomic E-state index is 13.7. The lowest BCUT2D eigenvalue weighted by molar-refractivity contribution is -0.156. The SMILES string of the molecule is CCCNC(=O)[C@H]1NC(=O)[C@H](CC(N)=O)NC(=O)[C@@H](NC(=O)C(=O)[C@H](C)CC)Cc2ccc(O)c(c2)-c2cccc3c2NC(=O)[C@@]3(O)[C@@H]1O. The molecule has 0 saturated heterocycles. The maximum atomic E-state index is 13.7. The average molecular weight is 681 g/mol. The number of benzene rings is 2. The van der Waals surface area contributed by atoms with E-state index in [4.69, 9.17) is 5.73 Å². The zero-order chi connectivity index (χ0) is 36.2. The molecule has 2 aromatic carbocycles. The molecule has 2 aliphatic rings. The standard InChI is InChI=1S/C33H40N6O10/c1-4-11-35-30(46)25-27(43)33(49)19-8-6-7-17(24(19)39-32(33)48)18-12-16(9-10-22(18)40)13-20(37-31(47)26(42)15(3)5-2)28(44)36-21(14-23(34)41)29(45)38-25/h6-10,12,15,20-21,25,27,40,43,49H,4-5,11,13-14H2,1-3H3,(H2,34,41)(H,35,46)(H,36,44)(H,37,47)(H,38,45)(H,39,48)/t15-,20+,21+,25+,27-,33+/m1/s1. The number of hydrogen-bond donors (Lipinski definition) is 9. The first-order valence-electron chi connectivity index (χ1n) is 15.8. The van der Waals surface area contributed by atoms with Crippen LogP contribution in [-0.4, -0.2) is 87.3 Å². The molecule has 2 heterocycles. The maximum Gasteiger partial charge on any atom is 0.288 e. The molecule has 4 rings (SSSR count). The molecular weight excluding hydrogens is 640 g/mol. The first kappa shape index (κ1) is 36.5. The summed E-state index contributed by atoms with van der Waals surface area (Å²) in [5.74, 6) is -8.20. The van der Waals surface area contributed by atoms with Crippen molar-refractivity contribution >= 4 is 46.9 Å². The van der Waals surface area contributed by atoms with Gasteiger partial charge in [-0.1, -0.05) is 45.0 Å². The van der Waals surface area contributed by atoms with Crippen molar-refractivity contribution in [3.8, 4) is 16.9 Å². The molecule has 0 saturated carbocycles. The number of fused-ring (bicyclic) bond motifs is 3. The number of carbonyl (C=O) groups excluding carboxylic acids is 7. The van der Waals surface area contributed by atoms with Gasteiger partial charge in [0, 0.05) is 35.6 Å². The van der Waals surface area contributed by atoms with Crippen molar-refractivity contribution in [1.82, 2.24) is 21.3 Å². The van der Waals surface area contributed by atoms with Crippen molar-refractivity contribution in [1.29, 1.82) is 0 Å². The van der Waals surface area contributed by atoms with E-state index in [0.717, 1.165) is 0 Å². The summed E-state index contributed by atoms with van der Waals surface area (Å²) in [6.07, 6.45) is -2.63. The van der Waals surface area contributed by atoms with E-state index in [2.05, 4.69) is 26.6 Å². The van der Waals surface area contributed by atoms with Crippen LogP contribution < -0.4 is 32.3 Å². The largest absolute Gasteiger partial charge is 0.507 e. The lowest BCUT2D eigenvalue weighted by Crippen LogP contribution is -2.64. The lowest BCUT2D eigenvalue weighted by Gasteiger charge is -2.33. The first-order valence-corrected chi connectivity index (χ1v) is 15.8. The first-order chi connectivity index (χ1) is 23.1. The summed E-state index contributed by atoms with van der Waals surface area (Å²) in [6, 6.07) is 3.15. The van der Waals surface area contributed by atoms with E-state index in [9.17, 15) is 48.9 Å². The Hall–Kier alpha value is -5.35. The fourth-order valence-corrected chi connectivity index (χ4v) is 5.69. The Bertz CT molecular complexity index is 1700. The van der Waals surface area contributed by atoms with Crippen molar-refractivity contribution in [2.75, 3.05) is 11.9 Å². The van der Waals surface area contributed by atoms with Gasteiger partial charge in [-0.25, -0.2) is 0 Å². The number of ketones is 1. The number of Topliss-reactive ketones (excluding diaryl/α,β-unsaturated/α-hetero) is 1. The van der Waals surface area contributed by atoms with Crippen LogP contribution in [0.2, 0.25) is 0 Å². The molecule has 16 nitrogen and oxygen atoms in total. The molecule has 0 unspecified atom stereocenters. The molecule has 0 spiro atoms. The van der Waals surface area contributed by atoms with Crippen LogP contribution in [0.15, 0.2) is 36.4 Å². The van der Waals surface area contributed by atoms with Crippen LogP contribution in [0.25, 0.3) is 11.1 Å². The lowest BCUT2D eigenvalue weighted by atomic mass is 9.83. The van der Waals surface area contributed by atoms with Gasteiger partial charge in [-0.2, -0.15) is 0 Å². The van der Waals surface area contributed by atoms with E-state index in [1.54, 1.807) is 20.8 Å². The van der Waals surface area contributed by atoms with Crippen LogP contribution in [-0.2, 0) is 45.6 Å². The number of carbonyl (C=O) groups is 7. The van der Waals surface area contributed by atoms with Gasteiger partial charge in [-0.05, 0) is 30.5 Å². The van der Waals surface area contributed by atoms with E-state index in [0.29, 0.717) is 18.4 Å². The summed E-state index contributed by atoms with van der Waals surface area (Å²) in [7, 11) is 0. The second-order valence-corrected chi connectivity index (χ2v) is 12.2. The number of aliphatic hydroxyl groups is 2. The van der Waals surface area contributed by atoms with Crippen molar-refractivity contribution in [2.24, 2.45) is 11.7 Å². The molecule has 0 aromatic heterocycles. The molecule has 0 fully saturated rings. The van der Waals surface area contributed by atoms with Gasteiger partial charge in [-0.3, -0.25) is 33.6 Å². The quantitative estimate of drug-likeness (QED) is 0.140. The Morgan fingerprint density at radius 3 is 2.41 bits per heavy atom. The number of amides is 6. The number of para-hydroxylation sites is 1. The molecule has 2 aromatic rings. The van der Waals surface area contributed by atoms with Crippen LogP contribution in [0, 0.1) is 5.92 Å². The third-order valence-corrected chi connectivity index (χ3v) is 8.67. The molecule has 6 bridgehead atoms. The number of rotatable bonds is 9. The second kappa shape index (κ2) is 14.8. The number of anilines is 1. The van der Waals surface area contributed by atoms with Crippen molar-refractivity contribution < 1.29 is 48.9 Å². The molecule has 0 radical (unpaired) electrons. The van der Waals surface area contributed by atoms with Crippen LogP contribution in [0.1, 0.15) is 51.2 Å². The number of nitrogens with one attached hydrogen (secondary N) is 5. The molecule has 16 heteroatoms. The Morgan fingerprint density at radius 2 is 1.76 bits per heavy atom. The number of hydrogen-bond acceptors (Lipinski definition) is 10. The third kappa shape index (κ3) is 7.39. The number of aromatic hydroxyl groups is 1. The minimum Gasteiger partial charge on any atom is -0.507 e. The zero-order valence-corrected chi connectivity index (χ0v) is 27.2. The fraction of sp³-hybridized carbons (Fsp3) is 0.424. The van der Waals surface area contributed by atoms with Crippen LogP contribution in [0.4, 0.5) is 5.69 Å². The summed E-state index contributed by atoms with van der Waals surface area (Å²) >= 11 is 0. The Balaban J connectivity index is 1.92. The summed E-state index contributed by atoms with van der Waals surface area (Å²) in [5.41, 5.74) is 3.04. The minimum atomic E-state index is -2.81. The summed E-state index contributed by atoms with van der Waals surface area (Å²) < 4.78 is 0. The molecule has 49 heavy (non-hydrogen) atoms. The molecule has 6 amide bonds. The monoisotopic (exact) mass is 680 g/mol. The highest BCUT2D eigenvalue weighted by Gasteiger charge is 2.56. The smallest absolute Gasteiger partial charge is 0.288 e. The molecule has 0 aliphatic carbocycles. The number of phenolic OH excluding ortho intramolecular Hbond substituents is 1. The Morgan fingerprint density at radius 1 is 1.04 bits per heavy atom. The summed E-state index contributed by atoms with van der Waals surface area (Å²) in [5, 5.41) is 46.3. The normalized spacial score (nSPS) is 24.1. The third-order valence-electron chi connectivity index (χ3n) is 8.67. The van der Waals surface area contributed by atoms with Crippen molar-refractivity contribution in [3.63, 3.8) is 0 Å². The van der Waals surface area contributed by atoms with Gasteiger partial charge in [0.25, 0.3) is 11.8 Å². The topological polar surface area (TPSA) is 266 Å². The predicted molar refractivity (Wildman–Crippen MR) is 173 cm³/mol. The zero-order valence-electron chi connectivity index (χ0n) is 27.2. The van der Waals surface area contributed by atoms with E-state index >= 15 is 0 Å². The van der Waals surface area contributed by atoms with Gasteiger partial charge in [0.05, 0.1) is 12.1 Å². The summed E-state index contributed by atoms with van der Waals surface area (Å²) in [4.78, 5) is 91.9. The molecule has 10 N–H and O–H groups in total. The van der Waals surface area contributed by atoms with Crippen molar-refractivity contribution in [2.45, 2.75) is 76.3 Å². The van der Waals surface area contributed by atoms with Gasteiger partial charge in [0.15, 0.2) is 5.60 Å². The fourth-order valence-electron chi connectivity index (χ4n) is 5.69. The molecule has 262 valence electrons. The number of aliphatic hydroxyl groups excluding tert-OH is 1. The van der Waals surface area contributed by atoms with Gasteiger partial charge in [-0.15, -0.1) is 0 Å². The van der Waals surface area contributed by atoms with Crippen LogP contribution in [0.3, 0.4) is 0 Å². The van der Waals surface area contributed by atoms with E-state index in [-0.39, 0.29) is 41.1 Å². The average Bonchev–Trinajstić information content (AvgIpc) is 3.34. The van der Waals surface area contributed by atoms with Crippen LogP contribution >= 0.6 is 0 Å². The van der Waals surface area contributed by atoms with Gasteiger partial charge >= 0.3 is 0 Å². The number of phenols is 1. The molecular formula is C33H40N6O10. The highest BCUT2D eigenvalue weighted by molar-refractivity contribution is 6.37. The number of nitrogens with two attached hydrogens (primary N) is 1. The summed E-state index contributed by atoms with van der Waals surface area (Å²) in [6.45, 7) is 5.06. The Kier molecular flexibility index (Phi) is 11.0. The van der Waals surface area contributed by atoms with E-state index in [1.165, 1.54) is 36.4 Å². The molecule has 6 atom stereocenters. The number of primary amides is 1. The van der Waals surface area contributed by atoms with Crippen molar-refractivity contribution in [3.05, 3.63) is 47.5 Å². The van der Waals surface area contributed by atoms with Gasteiger partial charge in [0.2, 0.25) is 29.4 Å². The van der Waals surface area contributed by atoms with E-state index in [1.807, 2.05) is 0 Å². The van der Waals surface area contributed by atoms with Crippen LogP contribution in [0.5, 0.6) is 5.75 Å². The Labute approximate surface area is 281 Å². The van der Waals surface area contributed by atoms with E-state index < -0.39 is 83.4 Å². The molecule has 2 aliphatic heterocycles. The van der Waals surface area contributed by atoms with Gasteiger partial charge in [0.1, 0.15) is 30.0 Å². The predicted octanol–water partition coefficient (Wildman–Crippen LogP) is -1.41. The van der Waals surface area contributed by atoms with Gasteiger partial charge < -0.3 is 47.6 Å².